The summed E-state index contributed by atoms with van der Waals surface area (Å²) in [4.78, 5) is 4.40. The van der Waals surface area contributed by atoms with Gasteiger partial charge in [0, 0.05) is 21.1 Å². The van der Waals surface area contributed by atoms with Gasteiger partial charge in [0.05, 0.1) is 5.51 Å². The Morgan fingerprint density at radius 2 is 1.90 bits per heavy atom. The molecule has 2 aromatic carbocycles. The van der Waals surface area contributed by atoms with Crippen molar-refractivity contribution in [1.82, 2.24) is 4.98 Å². The zero-order chi connectivity index (χ0) is 13.7. The predicted molar refractivity (Wildman–Crippen MR) is 84.0 cm³/mol. The number of benzene rings is 2. The van der Waals surface area contributed by atoms with Gasteiger partial charge in [-0.1, -0.05) is 49.2 Å². The van der Waals surface area contributed by atoms with Crippen LogP contribution in [0.3, 0.4) is 0 Å². The summed E-state index contributed by atoms with van der Waals surface area (Å²) < 4.78 is 0. The Morgan fingerprint density at radius 3 is 2.67 bits per heavy atom. The van der Waals surface area contributed by atoms with Crippen molar-refractivity contribution in [1.29, 1.82) is 0 Å². The van der Waals surface area contributed by atoms with Crippen molar-refractivity contribution in [3.05, 3.63) is 64.5 Å². The summed E-state index contributed by atoms with van der Waals surface area (Å²) >= 11 is 1.62. The van der Waals surface area contributed by atoms with Crippen molar-refractivity contribution < 1.29 is 21.1 Å². The van der Waals surface area contributed by atoms with Gasteiger partial charge in [-0.25, -0.2) is 0 Å². The maximum absolute atomic E-state index is 4.40. The molecule has 0 aliphatic heterocycles. The Bertz CT molecular complexity index is 791. The van der Waals surface area contributed by atoms with E-state index in [1.165, 1.54) is 22.3 Å². The molecule has 21 heavy (non-hydrogen) atoms. The van der Waals surface area contributed by atoms with Crippen molar-refractivity contribution in [2.24, 2.45) is 0 Å². The summed E-state index contributed by atoms with van der Waals surface area (Å²) in [7, 11) is 0. The number of hydrogen-bond donors (Lipinski definition) is 0. The third-order valence-electron chi connectivity index (χ3n) is 4.22. The van der Waals surface area contributed by atoms with Gasteiger partial charge in [0.2, 0.25) is 0 Å². The van der Waals surface area contributed by atoms with E-state index in [4.69, 9.17) is 0 Å². The van der Waals surface area contributed by atoms with Crippen molar-refractivity contribution in [3.8, 4) is 22.4 Å². The minimum atomic E-state index is 0. The van der Waals surface area contributed by atoms with Gasteiger partial charge in [-0.15, -0.1) is 40.7 Å². The van der Waals surface area contributed by atoms with Crippen LogP contribution in [0.15, 0.2) is 47.3 Å². The first-order chi connectivity index (χ1) is 9.68. The molecule has 0 N–H and O–H groups in total. The number of hydrogen-bond acceptors (Lipinski definition) is 2. The molecule has 0 bridgehead atoms. The van der Waals surface area contributed by atoms with Crippen LogP contribution in [-0.4, -0.2) is 4.98 Å². The average Bonchev–Trinajstić information content (AvgIpc) is 3.07. The Kier molecular flexibility index (Phi) is 3.63. The molecule has 1 aliphatic carbocycles. The molecule has 1 nitrogen and oxygen atoms in total. The minimum Gasteiger partial charge on any atom is -0.293 e. The normalized spacial score (nSPS) is 14.2. The van der Waals surface area contributed by atoms with Crippen LogP contribution < -0.4 is 0 Å². The van der Waals surface area contributed by atoms with E-state index in [-0.39, 0.29) is 26.5 Å². The molecule has 0 unspecified atom stereocenters. The van der Waals surface area contributed by atoms with Gasteiger partial charge < -0.3 is 0 Å². The molecule has 4 rings (SSSR count). The average molecular weight is 471 g/mol. The Morgan fingerprint density at radius 1 is 1.10 bits per heavy atom. The molecular formula is C18H14NPtS-. The van der Waals surface area contributed by atoms with E-state index in [1.54, 1.807) is 11.3 Å². The number of nitrogens with zero attached hydrogens (tertiary/aromatic N) is 1. The van der Waals surface area contributed by atoms with Crippen LogP contribution in [0.25, 0.3) is 22.4 Å². The summed E-state index contributed by atoms with van der Waals surface area (Å²) in [5, 5.41) is 2.08. The van der Waals surface area contributed by atoms with Gasteiger partial charge in [0.25, 0.3) is 0 Å². The number of fused-ring (bicyclic) bond motifs is 3. The molecule has 0 spiro atoms. The van der Waals surface area contributed by atoms with Crippen molar-refractivity contribution in [2.45, 2.75) is 19.3 Å². The van der Waals surface area contributed by atoms with Gasteiger partial charge in [0.1, 0.15) is 0 Å². The zero-order valence-electron chi connectivity index (χ0n) is 11.8. The second kappa shape index (κ2) is 5.19. The summed E-state index contributed by atoms with van der Waals surface area (Å²) in [6, 6.07) is 16.4. The van der Waals surface area contributed by atoms with Crippen LogP contribution in [0.5, 0.6) is 0 Å². The molecule has 0 saturated heterocycles. The van der Waals surface area contributed by atoms with Gasteiger partial charge in [0.15, 0.2) is 0 Å². The Labute approximate surface area is 143 Å². The van der Waals surface area contributed by atoms with E-state index >= 15 is 0 Å². The first-order valence-electron chi connectivity index (χ1n) is 6.72. The van der Waals surface area contributed by atoms with Gasteiger partial charge >= 0.3 is 0 Å². The largest absolute Gasteiger partial charge is 0.293 e. The molecule has 3 heteroatoms. The number of rotatable bonds is 1. The predicted octanol–water partition coefficient (Wildman–Crippen LogP) is 4.91. The Balaban J connectivity index is 0.00000132. The second-order valence-corrected chi connectivity index (χ2v) is 6.44. The number of thiazole rings is 1. The molecule has 3 aromatic rings. The summed E-state index contributed by atoms with van der Waals surface area (Å²) in [5.41, 5.74) is 9.45. The van der Waals surface area contributed by atoms with Crippen LogP contribution in [0.1, 0.15) is 25.0 Å². The maximum atomic E-state index is 4.40. The number of aromatic nitrogens is 1. The summed E-state index contributed by atoms with van der Waals surface area (Å²) in [5.74, 6) is 0. The molecule has 0 radical (unpaired) electrons. The zero-order valence-corrected chi connectivity index (χ0v) is 14.9. The standard InChI is InChI=1S/C18H14NS.Pt/c1-18(2)15-6-4-3-5-13(15)14-8-7-12(9-16(14)18)17-10-20-11-19-17;/h3-6,8-11H,1-2H3;/q-1;. The van der Waals surface area contributed by atoms with E-state index in [2.05, 4.69) is 66.7 Å². The van der Waals surface area contributed by atoms with E-state index in [0.717, 1.165) is 11.3 Å². The van der Waals surface area contributed by atoms with Crippen molar-refractivity contribution >= 4 is 11.3 Å². The molecule has 108 valence electrons. The van der Waals surface area contributed by atoms with E-state index < -0.39 is 0 Å². The molecule has 1 heterocycles. The fourth-order valence-electron chi connectivity index (χ4n) is 3.13. The van der Waals surface area contributed by atoms with Crippen LogP contribution in [0, 0.1) is 6.07 Å². The monoisotopic (exact) mass is 471 g/mol. The fourth-order valence-corrected chi connectivity index (χ4v) is 3.68. The van der Waals surface area contributed by atoms with Crippen LogP contribution in [0.2, 0.25) is 0 Å². The van der Waals surface area contributed by atoms with E-state index in [0.29, 0.717) is 0 Å². The molecule has 1 aromatic heterocycles. The second-order valence-electron chi connectivity index (χ2n) is 5.72. The first kappa shape index (κ1) is 14.7. The van der Waals surface area contributed by atoms with Crippen LogP contribution in [-0.2, 0) is 26.5 Å². The third-order valence-corrected chi connectivity index (χ3v) is 4.81. The molecular weight excluding hydrogens is 457 g/mol. The molecule has 1 aliphatic rings. The van der Waals surface area contributed by atoms with Crippen LogP contribution in [0.4, 0.5) is 0 Å². The van der Waals surface area contributed by atoms with E-state index in [1.807, 2.05) is 5.51 Å². The summed E-state index contributed by atoms with van der Waals surface area (Å²) in [6.07, 6.45) is 0. The fraction of sp³-hybridized carbons (Fsp3) is 0.167. The van der Waals surface area contributed by atoms with Gasteiger partial charge in [-0.2, -0.15) is 0 Å². The molecule has 0 fully saturated rings. The maximum Gasteiger partial charge on any atom is 0.0676 e. The third kappa shape index (κ3) is 2.13. The van der Waals surface area contributed by atoms with Gasteiger partial charge in [-0.05, 0) is 22.1 Å². The van der Waals surface area contributed by atoms with E-state index in [9.17, 15) is 0 Å². The quantitative estimate of drug-likeness (QED) is 0.460. The van der Waals surface area contributed by atoms with Crippen molar-refractivity contribution in [3.63, 3.8) is 0 Å². The van der Waals surface area contributed by atoms with Crippen molar-refractivity contribution in [2.75, 3.05) is 0 Å². The van der Waals surface area contributed by atoms with Gasteiger partial charge in [-0.3, -0.25) is 4.98 Å². The smallest absolute Gasteiger partial charge is 0.0676 e. The molecule has 0 amide bonds. The van der Waals surface area contributed by atoms with Crippen LogP contribution >= 0.6 is 11.3 Å². The molecule has 0 atom stereocenters. The Hall–Kier alpha value is -1.24. The summed E-state index contributed by atoms with van der Waals surface area (Å²) in [6.45, 7) is 4.59. The SMILES string of the molecule is CC1(C)c2ccccc2-c2c[c-]c(-c3cscn3)cc21.[Pt]. The molecule has 0 saturated carbocycles. The topological polar surface area (TPSA) is 12.9 Å². The minimum absolute atomic E-state index is 0. The first-order valence-corrected chi connectivity index (χ1v) is 7.67.